The maximum atomic E-state index is 10.8. The number of carbonyl (C=O) groups excluding carboxylic acids is 1. The number of ether oxygens (including phenoxy) is 1. The van der Waals surface area contributed by atoms with E-state index in [-0.39, 0.29) is 0 Å². The number of rotatable bonds is 4. The van der Waals surface area contributed by atoms with Crippen molar-refractivity contribution in [2.24, 2.45) is 5.29 Å². The maximum absolute atomic E-state index is 10.8. The van der Waals surface area contributed by atoms with E-state index in [2.05, 4.69) is 5.29 Å². The van der Waals surface area contributed by atoms with Gasteiger partial charge in [0.25, 0.3) is 0 Å². The molecule has 0 spiro atoms. The van der Waals surface area contributed by atoms with Crippen molar-refractivity contribution in [1.29, 1.82) is 0 Å². The lowest BCUT2D eigenvalue weighted by atomic mass is 10.1. The standard InChI is InChI=1S/C9H18N2O3/c1-6-8(14-7(2)12)11(10-13)9(3,4)5/h8H,6H2,1-5H3. The first-order valence-electron chi connectivity index (χ1n) is 4.62. The molecule has 1 atom stereocenters. The van der Waals surface area contributed by atoms with Crippen molar-refractivity contribution in [3.63, 3.8) is 0 Å². The molecule has 14 heavy (non-hydrogen) atoms. The molecule has 0 aromatic carbocycles. The van der Waals surface area contributed by atoms with Crippen molar-refractivity contribution >= 4 is 5.97 Å². The molecule has 0 fully saturated rings. The largest absolute Gasteiger partial charge is 0.440 e. The van der Waals surface area contributed by atoms with Crippen LogP contribution in [-0.4, -0.2) is 22.7 Å². The van der Waals surface area contributed by atoms with E-state index < -0.39 is 17.7 Å². The van der Waals surface area contributed by atoms with E-state index in [0.717, 1.165) is 0 Å². The summed E-state index contributed by atoms with van der Waals surface area (Å²) in [5, 5.41) is 4.15. The molecule has 1 unspecified atom stereocenters. The number of hydrogen-bond acceptors (Lipinski definition) is 4. The summed E-state index contributed by atoms with van der Waals surface area (Å²) in [6.45, 7) is 8.65. The summed E-state index contributed by atoms with van der Waals surface area (Å²) in [5.41, 5.74) is -0.447. The predicted molar refractivity (Wildman–Crippen MR) is 53.2 cm³/mol. The summed E-state index contributed by atoms with van der Waals surface area (Å²) in [7, 11) is 0. The third-order valence-corrected chi connectivity index (χ3v) is 1.70. The highest BCUT2D eigenvalue weighted by Crippen LogP contribution is 2.20. The van der Waals surface area contributed by atoms with Crippen molar-refractivity contribution in [1.82, 2.24) is 5.01 Å². The normalized spacial score (nSPS) is 13.2. The summed E-state index contributed by atoms with van der Waals surface area (Å²) < 4.78 is 4.97. The van der Waals surface area contributed by atoms with Crippen LogP contribution >= 0.6 is 0 Å². The second-order valence-electron chi connectivity index (χ2n) is 4.07. The minimum Gasteiger partial charge on any atom is -0.440 e. The van der Waals surface area contributed by atoms with E-state index in [4.69, 9.17) is 4.74 Å². The summed E-state index contributed by atoms with van der Waals surface area (Å²) in [4.78, 5) is 21.4. The van der Waals surface area contributed by atoms with E-state index in [1.54, 1.807) is 0 Å². The molecule has 0 radical (unpaired) electrons. The molecule has 0 aliphatic carbocycles. The zero-order chi connectivity index (χ0) is 11.4. The SMILES string of the molecule is CCC(OC(C)=O)N(N=O)C(C)(C)C. The third-order valence-electron chi connectivity index (χ3n) is 1.70. The van der Waals surface area contributed by atoms with Gasteiger partial charge in [0, 0.05) is 13.3 Å². The Labute approximate surface area is 84.4 Å². The van der Waals surface area contributed by atoms with Gasteiger partial charge in [-0.05, 0) is 20.8 Å². The molecular weight excluding hydrogens is 184 g/mol. The first-order valence-corrected chi connectivity index (χ1v) is 4.62. The Morgan fingerprint density at radius 3 is 2.21 bits per heavy atom. The van der Waals surface area contributed by atoms with Gasteiger partial charge in [-0.25, -0.2) is 5.01 Å². The van der Waals surface area contributed by atoms with Gasteiger partial charge in [0.1, 0.15) is 0 Å². The van der Waals surface area contributed by atoms with Crippen LogP contribution in [0.4, 0.5) is 0 Å². The Bertz CT molecular complexity index is 211. The molecule has 82 valence electrons. The summed E-state index contributed by atoms with van der Waals surface area (Å²) in [5.74, 6) is -0.408. The lowest BCUT2D eigenvalue weighted by Crippen LogP contribution is -2.45. The lowest BCUT2D eigenvalue weighted by molar-refractivity contribution is -0.162. The molecule has 0 rings (SSSR count). The highest BCUT2D eigenvalue weighted by Gasteiger charge is 2.29. The first-order chi connectivity index (χ1) is 6.32. The van der Waals surface area contributed by atoms with Crippen LogP contribution in [0.5, 0.6) is 0 Å². The molecular formula is C9H18N2O3. The average Bonchev–Trinajstić information content (AvgIpc) is 2.00. The molecule has 5 nitrogen and oxygen atoms in total. The van der Waals surface area contributed by atoms with Gasteiger partial charge < -0.3 is 4.74 Å². The van der Waals surface area contributed by atoms with Crippen LogP contribution in [0.3, 0.4) is 0 Å². The monoisotopic (exact) mass is 202 g/mol. The molecule has 0 heterocycles. The Kier molecular flexibility index (Phi) is 4.53. The highest BCUT2D eigenvalue weighted by molar-refractivity contribution is 5.66. The number of nitrogens with zero attached hydrogens (tertiary/aromatic N) is 2. The minimum atomic E-state index is -0.579. The Morgan fingerprint density at radius 1 is 1.50 bits per heavy atom. The zero-order valence-electron chi connectivity index (χ0n) is 9.40. The molecule has 0 bridgehead atoms. The predicted octanol–water partition coefficient (Wildman–Crippen LogP) is 2.07. The van der Waals surface area contributed by atoms with Gasteiger partial charge in [-0.15, -0.1) is 4.91 Å². The maximum Gasteiger partial charge on any atom is 0.304 e. The van der Waals surface area contributed by atoms with E-state index in [9.17, 15) is 9.70 Å². The van der Waals surface area contributed by atoms with Gasteiger partial charge in [-0.2, -0.15) is 0 Å². The summed E-state index contributed by atoms with van der Waals surface area (Å²) in [6, 6.07) is 0. The number of carbonyl (C=O) groups is 1. The van der Waals surface area contributed by atoms with Gasteiger partial charge in [0.15, 0.2) is 6.23 Å². The Hall–Kier alpha value is -1.13. The summed E-state index contributed by atoms with van der Waals surface area (Å²) in [6.07, 6.45) is -0.0484. The van der Waals surface area contributed by atoms with Crippen LogP contribution in [0.25, 0.3) is 0 Å². The molecule has 0 amide bonds. The molecule has 0 aromatic rings. The van der Waals surface area contributed by atoms with E-state index >= 15 is 0 Å². The number of esters is 1. The van der Waals surface area contributed by atoms with Crippen LogP contribution in [-0.2, 0) is 9.53 Å². The fraction of sp³-hybridized carbons (Fsp3) is 0.889. The second kappa shape index (κ2) is 4.93. The smallest absolute Gasteiger partial charge is 0.304 e. The summed E-state index contributed by atoms with van der Waals surface area (Å²) >= 11 is 0. The molecule has 5 heteroatoms. The molecule has 0 aromatic heterocycles. The Balaban J connectivity index is 4.61. The molecule has 0 saturated heterocycles. The van der Waals surface area contributed by atoms with E-state index in [1.807, 2.05) is 27.7 Å². The number of nitroso groups, excluding NO2 is 1. The van der Waals surface area contributed by atoms with Gasteiger partial charge in [0.05, 0.1) is 10.8 Å². The van der Waals surface area contributed by atoms with Crippen LogP contribution in [0, 0.1) is 4.91 Å². The lowest BCUT2D eigenvalue weighted by Gasteiger charge is -2.35. The van der Waals surface area contributed by atoms with Crippen LogP contribution in [0.2, 0.25) is 0 Å². The number of hydrogen-bond donors (Lipinski definition) is 0. The van der Waals surface area contributed by atoms with Crippen molar-refractivity contribution < 1.29 is 9.53 Å². The minimum absolute atomic E-state index is 0.408. The van der Waals surface area contributed by atoms with Gasteiger partial charge in [-0.1, -0.05) is 6.92 Å². The van der Waals surface area contributed by atoms with Gasteiger partial charge in [0.2, 0.25) is 0 Å². The van der Waals surface area contributed by atoms with E-state index in [0.29, 0.717) is 6.42 Å². The van der Waals surface area contributed by atoms with Crippen molar-refractivity contribution in [2.75, 3.05) is 0 Å². The van der Waals surface area contributed by atoms with Crippen molar-refractivity contribution in [3.05, 3.63) is 4.91 Å². The van der Waals surface area contributed by atoms with Crippen molar-refractivity contribution in [2.45, 2.75) is 52.8 Å². The van der Waals surface area contributed by atoms with Gasteiger partial charge in [-0.3, -0.25) is 4.79 Å². The topological polar surface area (TPSA) is 59.0 Å². The highest BCUT2D eigenvalue weighted by atomic mass is 16.6. The quantitative estimate of drug-likeness (QED) is 0.303. The molecule has 0 aliphatic heterocycles. The van der Waals surface area contributed by atoms with Crippen LogP contribution in [0.1, 0.15) is 41.0 Å². The van der Waals surface area contributed by atoms with Crippen LogP contribution in [0.15, 0.2) is 5.29 Å². The van der Waals surface area contributed by atoms with Gasteiger partial charge >= 0.3 is 5.97 Å². The first kappa shape index (κ1) is 12.9. The Morgan fingerprint density at radius 2 is 2.00 bits per heavy atom. The average molecular weight is 202 g/mol. The van der Waals surface area contributed by atoms with E-state index in [1.165, 1.54) is 11.9 Å². The van der Waals surface area contributed by atoms with Crippen molar-refractivity contribution in [3.8, 4) is 0 Å². The molecule has 0 saturated carbocycles. The zero-order valence-corrected chi connectivity index (χ0v) is 9.40. The third kappa shape index (κ3) is 3.72. The fourth-order valence-corrected chi connectivity index (χ4v) is 1.10. The fourth-order valence-electron chi connectivity index (χ4n) is 1.10. The molecule has 0 N–H and O–H groups in total. The molecule has 0 aliphatic rings. The van der Waals surface area contributed by atoms with Crippen LogP contribution < -0.4 is 0 Å². The second-order valence-corrected chi connectivity index (χ2v) is 4.07.